The van der Waals surface area contributed by atoms with Gasteiger partial charge in [0.05, 0.1) is 18.0 Å². The lowest BCUT2D eigenvalue weighted by Crippen LogP contribution is -2.36. The number of aromatic nitrogens is 4. The van der Waals surface area contributed by atoms with Crippen LogP contribution in [0, 0.1) is 6.92 Å². The lowest BCUT2D eigenvalue weighted by Gasteiger charge is -2.32. The molecule has 1 aliphatic rings. The van der Waals surface area contributed by atoms with Gasteiger partial charge in [-0.3, -0.25) is 4.68 Å². The van der Waals surface area contributed by atoms with Gasteiger partial charge in [-0.2, -0.15) is 5.10 Å². The standard InChI is InChI=1S/C17H25N5O/c1-13-19-15(11-16(20-13)17-6-7-18-21(17)2)14-5-4-8-22(12-14)9-10-23-3/h6-7,11,14H,4-5,8-10,12H2,1-3H3/t14-/m1/s1. The van der Waals surface area contributed by atoms with E-state index in [1.165, 1.54) is 12.8 Å². The quantitative estimate of drug-likeness (QED) is 0.845. The monoisotopic (exact) mass is 315 g/mol. The van der Waals surface area contributed by atoms with Crippen molar-refractivity contribution in [1.82, 2.24) is 24.6 Å². The molecule has 0 bridgehead atoms. The molecule has 124 valence electrons. The molecule has 0 radical (unpaired) electrons. The van der Waals surface area contributed by atoms with Crippen molar-refractivity contribution in [3.05, 3.63) is 29.8 Å². The highest BCUT2D eigenvalue weighted by Crippen LogP contribution is 2.28. The van der Waals surface area contributed by atoms with Gasteiger partial charge in [0.15, 0.2) is 0 Å². The topological polar surface area (TPSA) is 56.1 Å². The van der Waals surface area contributed by atoms with Gasteiger partial charge in [-0.1, -0.05) is 0 Å². The van der Waals surface area contributed by atoms with Crippen molar-refractivity contribution in [2.24, 2.45) is 7.05 Å². The van der Waals surface area contributed by atoms with E-state index < -0.39 is 0 Å². The Balaban J connectivity index is 1.82. The van der Waals surface area contributed by atoms with Crippen LogP contribution in [0.3, 0.4) is 0 Å². The van der Waals surface area contributed by atoms with Crippen LogP contribution in [0.25, 0.3) is 11.4 Å². The van der Waals surface area contributed by atoms with Gasteiger partial charge in [-0.15, -0.1) is 0 Å². The molecule has 0 N–H and O–H groups in total. The first-order valence-corrected chi connectivity index (χ1v) is 8.22. The molecule has 1 aliphatic heterocycles. The maximum atomic E-state index is 5.21. The Labute approximate surface area is 137 Å². The van der Waals surface area contributed by atoms with E-state index in [1.54, 1.807) is 13.3 Å². The number of likely N-dealkylation sites (tertiary alicyclic amines) is 1. The molecule has 0 aliphatic carbocycles. The Kier molecular flexibility index (Phi) is 5.03. The maximum Gasteiger partial charge on any atom is 0.126 e. The number of nitrogens with zero attached hydrogens (tertiary/aromatic N) is 5. The van der Waals surface area contributed by atoms with Crippen molar-refractivity contribution in [2.45, 2.75) is 25.7 Å². The summed E-state index contributed by atoms with van der Waals surface area (Å²) in [7, 11) is 3.70. The van der Waals surface area contributed by atoms with Gasteiger partial charge in [0.1, 0.15) is 5.82 Å². The molecule has 6 heteroatoms. The fourth-order valence-electron chi connectivity index (χ4n) is 3.28. The molecule has 1 atom stereocenters. The van der Waals surface area contributed by atoms with Crippen molar-refractivity contribution in [3.8, 4) is 11.4 Å². The predicted octanol–water partition coefficient (Wildman–Crippen LogP) is 2.01. The largest absolute Gasteiger partial charge is 0.383 e. The summed E-state index contributed by atoms with van der Waals surface area (Å²) < 4.78 is 7.07. The van der Waals surface area contributed by atoms with Crippen LogP contribution in [0.15, 0.2) is 18.3 Å². The number of hydrogen-bond donors (Lipinski definition) is 0. The zero-order valence-corrected chi connectivity index (χ0v) is 14.2. The van der Waals surface area contributed by atoms with Crippen LogP contribution in [0.2, 0.25) is 0 Å². The van der Waals surface area contributed by atoms with Crippen LogP contribution in [0.1, 0.15) is 30.3 Å². The molecule has 1 fully saturated rings. The second kappa shape index (κ2) is 7.19. The normalized spacial score (nSPS) is 19.2. The summed E-state index contributed by atoms with van der Waals surface area (Å²) in [4.78, 5) is 11.8. The number of rotatable bonds is 5. The van der Waals surface area contributed by atoms with Crippen molar-refractivity contribution in [2.75, 3.05) is 33.4 Å². The molecule has 6 nitrogen and oxygen atoms in total. The summed E-state index contributed by atoms with van der Waals surface area (Å²) in [5, 5.41) is 4.24. The minimum atomic E-state index is 0.467. The Morgan fingerprint density at radius 3 is 2.96 bits per heavy atom. The SMILES string of the molecule is COCCN1CCC[C@@H](c2cc(-c3ccnn3C)nc(C)n2)C1. The van der Waals surface area contributed by atoms with E-state index in [2.05, 4.69) is 21.0 Å². The number of aryl methyl sites for hydroxylation is 2. The maximum absolute atomic E-state index is 5.21. The van der Waals surface area contributed by atoms with Gasteiger partial charge in [-0.05, 0) is 38.4 Å². The Morgan fingerprint density at radius 2 is 2.22 bits per heavy atom. The summed E-state index contributed by atoms with van der Waals surface area (Å²) >= 11 is 0. The van der Waals surface area contributed by atoms with Crippen LogP contribution in [-0.2, 0) is 11.8 Å². The van der Waals surface area contributed by atoms with Gasteiger partial charge in [0, 0.05) is 45.1 Å². The van der Waals surface area contributed by atoms with Gasteiger partial charge >= 0.3 is 0 Å². The third kappa shape index (κ3) is 3.76. The zero-order valence-electron chi connectivity index (χ0n) is 14.2. The van der Waals surface area contributed by atoms with E-state index >= 15 is 0 Å². The fourth-order valence-corrected chi connectivity index (χ4v) is 3.28. The molecule has 0 saturated carbocycles. The van der Waals surface area contributed by atoms with Crippen LogP contribution >= 0.6 is 0 Å². The lowest BCUT2D eigenvalue weighted by atomic mass is 9.94. The molecule has 1 saturated heterocycles. The molecule has 0 amide bonds. The Hall–Kier alpha value is -1.79. The summed E-state index contributed by atoms with van der Waals surface area (Å²) in [6, 6.07) is 4.13. The molecular weight excluding hydrogens is 290 g/mol. The van der Waals surface area contributed by atoms with Gasteiger partial charge < -0.3 is 9.64 Å². The highest BCUT2D eigenvalue weighted by atomic mass is 16.5. The first kappa shape index (κ1) is 16.1. The van der Waals surface area contributed by atoms with E-state index in [-0.39, 0.29) is 0 Å². The highest BCUT2D eigenvalue weighted by molar-refractivity contribution is 5.54. The van der Waals surface area contributed by atoms with Crippen LogP contribution < -0.4 is 0 Å². The van der Waals surface area contributed by atoms with E-state index in [0.29, 0.717) is 5.92 Å². The minimum absolute atomic E-state index is 0.467. The third-order valence-corrected chi connectivity index (χ3v) is 4.48. The number of piperidine rings is 1. The molecule has 2 aromatic rings. The third-order valence-electron chi connectivity index (χ3n) is 4.48. The van der Waals surface area contributed by atoms with Gasteiger partial charge in [0.25, 0.3) is 0 Å². The minimum Gasteiger partial charge on any atom is -0.383 e. The summed E-state index contributed by atoms with van der Waals surface area (Å²) in [5.74, 6) is 1.29. The molecule has 2 aromatic heterocycles. The van der Waals surface area contributed by atoms with E-state index in [0.717, 1.165) is 49.1 Å². The Bertz CT molecular complexity index is 654. The molecule has 0 spiro atoms. The number of methoxy groups -OCH3 is 1. The molecular formula is C17H25N5O. The van der Waals surface area contributed by atoms with Crippen LogP contribution in [0.5, 0.6) is 0 Å². The average molecular weight is 315 g/mol. The summed E-state index contributed by atoms with van der Waals surface area (Å²) in [6.45, 7) is 5.94. The fraction of sp³-hybridized carbons (Fsp3) is 0.588. The van der Waals surface area contributed by atoms with Crippen molar-refractivity contribution >= 4 is 0 Å². The van der Waals surface area contributed by atoms with Crippen LogP contribution in [0.4, 0.5) is 0 Å². The highest BCUT2D eigenvalue weighted by Gasteiger charge is 2.23. The van der Waals surface area contributed by atoms with E-state index in [9.17, 15) is 0 Å². The van der Waals surface area contributed by atoms with E-state index in [1.807, 2.05) is 24.7 Å². The zero-order chi connectivity index (χ0) is 16.2. The van der Waals surface area contributed by atoms with Crippen molar-refractivity contribution < 1.29 is 4.74 Å². The molecule has 23 heavy (non-hydrogen) atoms. The number of hydrogen-bond acceptors (Lipinski definition) is 5. The van der Waals surface area contributed by atoms with Gasteiger partial charge in [0.2, 0.25) is 0 Å². The van der Waals surface area contributed by atoms with Crippen LogP contribution in [-0.4, -0.2) is 58.0 Å². The van der Waals surface area contributed by atoms with Gasteiger partial charge in [-0.25, -0.2) is 9.97 Å². The molecule has 0 unspecified atom stereocenters. The smallest absolute Gasteiger partial charge is 0.126 e. The summed E-state index contributed by atoms with van der Waals surface area (Å²) in [5.41, 5.74) is 3.14. The average Bonchev–Trinajstić information content (AvgIpc) is 2.99. The first-order valence-electron chi connectivity index (χ1n) is 8.22. The first-order chi connectivity index (χ1) is 11.2. The molecule has 3 heterocycles. The van der Waals surface area contributed by atoms with E-state index in [4.69, 9.17) is 9.72 Å². The second-order valence-electron chi connectivity index (χ2n) is 6.20. The second-order valence-corrected chi connectivity index (χ2v) is 6.20. The van der Waals surface area contributed by atoms with Crippen molar-refractivity contribution in [1.29, 1.82) is 0 Å². The lowest BCUT2D eigenvalue weighted by molar-refractivity contribution is 0.127. The summed E-state index contributed by atoms with van der Waals surface area (Å²) in [6.07, 6.45) is 4.20. The predicted molar refractivity (Wildman–Crippen MR) is 89.3 cm³/mol. The van der Waals surface area contributed by atoms with Crippen molar-refractivity contribution in [3.63, 3.8) is 0 Å². The Morgan fingerprint density at radius 1 is 1.35 bits per heavy atom. The number of ether oxygens (including phenoxy) is 1. The molecule has 3 rings (SSSR count). The molecule has 0 aromatic carbocycles.